The van der Waals surface area contributed by atoms with Crippen LogP contribution in [0.15, 0.2) is 22.7 Å². The molecule has 0 radical (unpaired) electrons. The molecule has 0 amide bonds. The quantitative estimate of drug-likeness (QED) is 0.837. The Kier molecular flexibility index (Phi) is 5.50. The number of aliphatic hydroxyl groups excluding tert-OH is 1. The van der Waals surface area contributed by atoms with E-state index in [0.717, 1.165) is 22.9 Å². The van der Waals surface area contributed by atoms with E-state index in [1.165, 1.54) is 12.0 Å². The molecule has 0 aliphatic heterocycles. The van der Waals surface area contributed by atoms with Gasteiger partial charge in [-0.05, 0) is 30.4 Å². The smallest absolute Gasteiger partial charge is 0.0801 e. The van der Waals surface area contributed by atoms with Crippen molar-refractivity contribution in [3.63, 3.8) is 0 Å². The molecule has 1 rings (SSSR count). The Bertz CT molecular complexity index is 334. The van der Waals surface area contributed by atoms with E-state index >= 15 is 0 Å². The summed E-state index contributed by atoms with van der Waals surface area (Å²) in [5, 5.41) is 10.1. The van der Waals surface area contributed by atoms with Gasteiger partial charge in [-0.15, -0.1) is 0 Å². The van der Waals surface area contributed by atoms with Gasteiger partial charge in [0.25, 0.3) is 0 Å². The molecule has 0 aromatic heterocycles. The Morgan fingerprint density at radius 2 is 1.94 bits per heavy atom. The van der Waals surface area contributed by atoms with Gasteiger partial charge in [0.15, 0.2) is 0 Å². The largest absolute Gasteiger partial charge is 0.388 e. The van der Waals surface area contributed by atoms with Crippen molar-refractivity contribution in [3.8, 4) is 0 Å². The lowest BCUT2D eigenvalue weighted by molar-refractivity contribution is 0.161. The SMILES string of the molecule is Cc1cccc(C(O)CCCC(C)C)c1Br. The van der Waals surface area contributed by atoms with E-state index in [9.17, 15) is 5.11 Å². The van der Waals surface area contributed by atoms with Crippen LogP contribution in [0.3, 0.4) is 0 Å². The zero-order chi connectivity index (χ0) is 12.1. The molecule has 0 aliphatic rings. The number of aliphatic hydroxyl groups is 1. The molecule has 1 aromatic rings. The summed E-state index contributed by atoms with van der Waals surface area (Å²) in [4.78, 5) is 0. The van der Waals surface area contributed by atoms with Gasteiger partial charge in [-0.25, -0.2) is 0 Å². The van der Waals surface area contributed by atoms with Gasteiger partial charge in [0.1, 0.15) is 0 Å². The first-order valence-electron chi connectivity index (χ1n) is 5.95. The molecule has 1 nitrogen and oxygen atoms in total. The molecule has 0 heterocycles. The highest BCUT2D eigenvalue weighted by Gasteiger charge is 2.12. The predicted octanol–water partition coefficient (Wildman–Crippen LogP) is 4.62. The van der Waals surface area contributed by atoms with Crippen molar-refractivity contribution in [2.75, 3.05) is 0 Å². The number of rotatable bonds is 5. The predicted molar refractivity (Wildman–Crippen MR) is 72.5 cm³/mol. The number of hydrogen-bond donors (Lipinski definition) is 1. The van der Waals surface area contributed by atoms with Gasteiger partial charge >= 0.3 is 0 Å². The lowest BCUT2D eigenvalue weighted by Gasteiger charge is -2.14. The van der Waals surface area contributed by atoms with E-state index in [-0.39, 0.29) is 6.10 Å². The minimum atomic E-state index is -0.340. The highest BCUT2D eigenvalue weighted by atomic mass is 79.9. The van der Waals surface area contributed by atoms with Crippen LogP contribution in [0.25, 0.3) is 0 Å². The summed E-state index contributed by atoms with van der Waals surface area (Å²) in [6.07, 6.45) is 2.77. The van der Waals surface area contributed by atoms with Crippen LogP contribution >= 0.6 is 15.9 Å². The molecule has 0 saturated carbocycles. The maximum atomic E-state index is 10.1. The van der Waals surface area contributed by atoms with Crippen LogP contribution in [0.1, 0.15) is 50.3 Å². The second kappa shape index (κ2) is 6.41. The molecule has 0 bridgehead atoms. The van der Waals surface area contributed by atoms with Crippen LogP contribution in [0, 0.1) is 12.8 Å². The van der Waals surface area contributed by atoms with Crippen LogP contribution in [-0.4, -0.2) is 5.11 Å². The molecule has 0 aliphatic carbocycles. The molecule has 1 N–H and O–H groups in total. The molecule has 0 saturated heterocycles. The highest BCUT2D eigenvalue weighted by molar-refractivity contribution is 9.10. The molecule has 1 atom stereocenters. The number of hydrogen-bond acceptors (Lipinski definition) is 1. The monoisotopic (exact) mass is 284 g/mol. The van der Waals surface area contributed by atoms with Crippen molar-refractivity contribution in [1.29, 1.82) is 0 Å². The summed E-state index contributed by atoms with van der Waals surface area (Å²) in [5.74, 6) is 0.716. The van der Waals surface area contributed by atoms with E-state index in [1.807, 2.05) is 12.1 Å². The lowest BCUT2D eigenvalue weighted by Crippen LogP contribution is -2.00. The van der Waals surface area contributed by atoms with Gasteiger partial charge in [-0.2, -0.15) is 0 Å². The molecule has 1 aromatic carbocycles. The Morgan fingerprint density at radius 1 is 1.25 bits per heavy atom. The van der Waals surface area contributed by atoms with Gasteiger partial charge in [0.2, 0.25) is 0 Å². The molecular formula is C14H21BrO. The second-order valence-electron chi connectivity index (χ2n) is 4.82. The van der Waals surface area contributed by atoms with Gasteiger partial charge in [-0.3, -0.25) is 0 Å². The van der Waals surface area contributed by atoms with E-state index in [0.29, 0.717) is 5.92 Å². The van der Waals surface area contributed by atoms with Crippen molar-refractivity contribution >= 4 is 15.9 Å². The minimum Gasteiger partial charge on any atom is -0.388 e. The Morgan fingerprint density at radius 3 is 2.56 bits per heavy atom. The number of benzene rings is 1. The first-order chi connectivity index (χ1) is 7.52. The maximum Gasteiger partial charge on any atom is 0.0801 e. The number of halogens is 1. The topological polar surface area (TPSA) is 20.2 Å². The molecule has 1 unspecified atom stereocenters. The van der Waals surface area contributed by atoms with Crippen molar-refractivity contribution in [2.24, 2.45) is 5.92 Å². The molecule has 0 spiro atoms. The maximum absolute atomic E-state index is 10.1. The summed E-state index contributed by atoms with van der Waals surface area (Å²) in [6, 6.07) is 6.05. The fourth-order valence-electron chi connectivity index (χ4n) is 1.80. The standard InChI is InChI=1S/C14H21BrO/c1-10(2)6-4-9-13(16)12-8-5-7-11(3)14(12)15/h5,7-8,10,13,16H,4,6,9H2,1-3H3. The van der Waals surface area contributed by atoms with Gasteiger partial charge in [0.05, 0.1) is 6.10 Å². The van der Waals surface area contributed by atoms with E-state index in [4.69, 9.17) is 0 Å². The second-order valence-corrected chi connectivity index (χ2v) is 5.61. The zero-order valence-electron chi connectivity index (χ0n) is 10.3. The minimum absolute atomic E-state index is 0.340. The fourth-order valence-corrected chi connectivity index (χ4v) is 2.33. The molecular weight excluding hydrogens is 264 g/mol. The van der Waals surface area contributed by atoms with E-state index < -0.39 is 0 Å². The summed E-state index contributed by atoms with van der Waals surface area (Å²) in [5.41, 5.74) is 2.20. The molecule has 2 heteroatoms. The third-order valence-corrected chi connectivity index (χ3v) is 3.92. The first-order valence-corrected chi connectivity index (χ1v) is 6.74. The van der Waals surface area contributed by atoms with E-state index in [2.05, 4.69) is 42.8 Å². The summed E-state index contributed by atoms with van der Waals surface area (Å²) < 4.78 is 1.05. The lowest BCUT2D eigenvalue weighted by atomic mass is 9.99. The Hall–Kier alpha value is -0.340. The fraction of sp³-hybridized carbons (Fsp3) is 0.571. The first kappa shape index (κ1) is 13.7. The van der Waals surface area contributed by atoms with Crippen LogP contribution in [-0.2, 0) is 0 Å². The zero-order valence-corrected chi connectivity index (χ0v) is 11.9. The average molecular weight is 285 g/mol. The average Bonchev–Trinajstić information content (AvgIpc) is 2.21. The highest BCUT2D eigenvalue weighted by Crippen LogP contribution is 2.29. The normalized spacial score (nSPS) is 13.1. The van der Waals surface area contributed by atoms with E-state index in [1.54, 1.807) is 0 Å². The summed E-state index contributed by atoms with van der Waals surface area (Å²) in [6.45, 7) is 6.48. The van der Waals surface area contributed by atoms with Crippen LogP contribution in [0.5, 0.6) is 0 Å². The molecule has 0 fully saturated rings. The van der Waals surface area contributed by atoms with Gasteiger partial charge < -0.3 is 5.11 Å². The van der Waals surface area contributed by atoms with Crippen LogP contribution in [0.2, 0.25) is 0 Å². The third-order valence-electron chi connectivity index (χ3n) is 2.84. The third kappa shape index (κ3) is 3.91. The molecule has 90 valence electrons. The molecule has 16 heavy (non-hydrogen) atoms. The van der Waals surface area contributed by atoms with Gasteiger partial charge in [0, 0.05) is 4.47 Å². The van der Waals surface area contributed by atoms with Crippen molar-refractivity contribution < 1.29 is 5.11 Å². The van der Waals surface area contributed by atoms with Crippen LogP contribution < -0.4 is 0 Å². The Labute approximate surface area is 107 Å². The van der Waals surface area contributed by atoms with Crippen molar-refractivity contribution in [2.45, 2.75) is 46.1 Å². The summed E-state index contributed by atoms with van der Waals surface area (Å²) >= 11 is 3.54. The van der Waals surface area contributed by atoms with Crippen molar-refractivity contribution in [1.82, 2.24) is 0 Å². The van der Waals surface area contributed by atoms with Crippen molar-refractivity contribution in [3.05, 3.63) is 33.8 Å². The van der Waals surface area contributed by atoms with Crippen LogP contribution in [0.4, 0.5) is 0 Å². The van der Waals surface area contributed by atoms with Gasteiger partial charge in [-0.1, -0.05) is 60.8 Å². The summed E-state index contributed by atoms with van der Waals surface area (Å²) in [7, 11) is 0. The number of aryl methyl sites for hydroxylation is 1. The Balaban J connectivity index is 2.59.